The number of piperidine rings is 1. The average molecular weight is 503 g/mol. The number of benzene rings is 2. The van der Waals surface area contributed by atoms with Crippen LogP contribution in [0.4, 0.5) is 0 Å². The van der Waals surface area contributed by atoms with Crippen LogP contribution in [0.2, 0.25) is 5.02 Å². The number of aliphatic carboxylic acids is 2. The second kappa shape index (κ2) is 11.7. The van der Waals surface area contributed by atoms with Crippen LogP contribution in [0.25, 0.3) is 11.0 Å². The molecular weight excluding hydrogens is 476 g/mol. The molecule has 10 nitrogen and oxygen atoms in total. The Bertz CT molecular complexity index is 1250. The summed E-state index contributed by atoms with van der Waals surface area (Å²) in [6.07, 6.45) is 1.81. The highest BCUT2D eigenvalue weighted by Crippen LogP contribution is 2.26. The summed E-state index contributed by atoms with van der Waals surface area (Å²) in [6, 6.07) is 13.3. The van der Waals surface area contributed by atoms with E-state index in [1.807, 2.05) is 47.9 Å². The lowest BCUT2D eigenvalue weighted by molar-refractivity contribution is -0.159. The number of fused-ring (bicyclic) bond motifs is 1. The molecule has 2 aromatic carbocycles. The van der Waals surface area contributed by atoms with Gasteiger partial charge in [-0.3, -0.25) is 9.36 Å². The van der Waals surface area contributed by atoms with Crippen molar-refractivity contribution in [1.29, 1.82) is 0 Å². The average Bonchev–Trinajstić information content (AvgIpc) is 3.15. The fraction of sp³-hybridized carbons (Fsp3) is 0.333. The highest BCUT2D eigenvalue weighted by Gasteiger charge is 2.23. The Kier molecular flexibility index (Phi) is 8.67. The lowest BCUT2D eigenvalue weighted by Gasteiger charge is -2.32. The predicted octanol–water partition coefficient (Wildman–Crippen LogP) is 2.51. The third-order valence-electron chi connectivity index (χ3n) is 5.81. The third kappa shape index (κ3) is 6.93. The first-order chi connectivity index (χ1) is 16.7. The molecule has 3 aromatic rings. The number of carbonyl (C=O) groups is 3. The number of carboxylic acid groups (broad SMARTS) is 2. The van der Waals surface area contributed by atoms with Gasteiger partial charge < -0.3 is 25.4 Å². The minimum absolute atomic E-state index is 0.0381. The fourth-order valence-corrected chi connectivity index (χ4v) is 4.17. The molecular formula is C24H27ClN4O6. The number of aromatic amines is 1. The number of halogens is 1. The van der Waals surface area contributed by atoms with E-state index in [1.165, 1.54) is 0 Å². The first-order valence-corrected chi connectivity index (χ1v) is 11.5. The maximum Gasteiger partial charge on any atom is 0.414 e. The molecule has 186 valence electrons. The van der Waals surface area contributed by atoms with Crippen LogP contribution in [0.5, 0.6) is 0 Å². The molecule has 0 atom stereocenters. The summed E-state index contributed by atoms with van der Waals surface area (Å²) in [5.74, 6) is -3.69. The first-order valence-electron chi connectivity index (χ1n) is 11.1. The van der Waals surface area contributed by atoms with Crippen molar-refractivity contribution in [3.63, 3.8) is 0 Å². The standard InChI is InChI=1S/C22H25ClN4O2.C2H2O4/c1-15-2-4-16(5-3-15)21(28)24-10-13-26-11-8-18(9-12-26)27-20-7-6-17(23)14-19(20)25-22(27)29;3-1(4)2(5)6/h2-7,14,18H,8-13H2,1H3,(H,24,28)(H,25,29);(H,3,4)(H,5,6). The number of nitrogens with zero attached hydrogens (tertiary/aromatic N) is 2. The summed E-state index contributed by atoms with van der Waals surface area (Å²) in [5.41, 5.74) is 3.44. The van der Waals surface area contributed by atoms with Crippen LogP contribution in [-0.2, 0) is 9.59 Å². The molecule has 1 amide bonds. The van der Waals surface area contributed by atoms with Gasteiger partial charge in [0.25, 0.3) is 5.91 Å². The molecule has 0 radical (unpaired) electrons. The van der Waals surface area contributed by atoms with E-state index in [4.69, 9.17) is 31.4 Å². The van der Waals surface area contributed by atoms with E-state index in [1.54, 1.807) is 6.07 Å². The number of hydrogen-bond acceptors (Lipinski definition) is 5. The van der Waals surface area contributed by atoms with Crippen LogP contribution >= 0.6 is 11.6 Å². The largest absolute Gasteiger partial charge is 0.473 e. The number of likely N-dealkylation sites (tertiary alicyclic amines) is 1. The highest BCUT2D eigenvalue weighted by atomic mass is 35.5. The monoisotopic (exact) mass is 502 g/mol. The topological polar surface area (TPSA) is 145 Å². The van der Waals surface area contributed by atoms with E-state index in [0.29, 0.717) is 17.1 Å². The second-order valence-electron chi connectivity index (χ2n) is 8.27. The van der Waals surface area contributed by atoms with Gasteiger partial charge in [0.1, 0.15) is 0 Å². The molecule has 0 bridgehead atoms. The Balaban J connectivity index is 0.000000509. The van der Waals surface area contributed by atoms with Crippen LogP contribution in [0.3, 0.4) is 0 Å². The van der Waals surface area contributed by atoms with Gasteiger partial charge in [-0.1, -0.05) is 29.3 Å². The summed E-state index contributed by atoms with van der Waals surface area (Å²) in [6.45, 7) is 5.23. The maximum atomic E-state index is 12.4. The number of carbonyl (C=O) groups excluding carboxylic acids is 1. The quantitative estimate of drug-likeness (QED) is 0.392. The van der Waals surface area contributed by atoms with E-state index < -0.39 is 11.9 Å². The molecule has 1 aliphatic heterocycles. The number of nitrogens with one attached hydrogen (secondary N) is 2. The minimum Gasteiger partial charge on any atom is -0.473 e. The summed E-state index contributed by atoms with van der Waals surface area (Å²) >= 11 is 6.03. The van der Waals surface area contributed by atoms with Crippen molar-refractivity contribution in [2.75, 3.05) is 26.2 Å². The lowest BCUT2D eigenvalue weighted by atomic mass is 10.0. The molecule has 35 heavy (non-hydrogen) atoms. The lowest BCUT2D eigenvalue weighted by Crippen LogP contribution is -2.41. The fourth-order valence-electron chi connectivity index (χ4n) is 4.00. The molecule has 11 heteroatoms. The second-order valence-corrected chi connectivity index (χ2v) is 8.70. The molecule has 1 aliphatic rings. The van der Waals surface area contributed by atoms with Gasteiger partial charge in [0, 0.05) is 42.8 Å². The number of amides is 1. The van der Waals surface area contributed by atoms with Gasteiger partial charge in [0.05, 0.1) is 11.0 Å². The van der Waals surface area contributed by atoms with Crippen molar-refractivity contribution < 1.29 is 24.6 Å². The normalized spacial score (nSPS) is 14.2. The molecule has 2 heterocycles. The number of aryl methyl sites for hydroxylation is 1. The van der Waals surface area contributed by atoms with Gasteiger partial charge in [-0.25, -0.2) is 14.4 Å². The van der Waals surface area contributed by atoms with Crippen molar-refractivity contribution >= 4 is 40.5 Å². The summed E-state index contributed by atoms with van der Waals surface area (Å²) in [7, 11) is 0. The first kappa shape index (κ1) is 26.0. The van der Waals surface area contributed by atoms with Crippen molar-refractivity contribution in [1.82, 2.24) is 19.8 Å². The van der Waals surface area contributed by atoms with Gasteiger partial charge in [0.2, 0.25) is 0 Å². The van der Waals surface area contributed by atoms with Crippen molar-refractivity contribution in [3.05, 3.63) is 69.1 Å². The molecule has 4 N–H and O–H groups in total. The highest BCUT2D eigenvalue weighted by molar-refractivity contribution is 6.31. The maximum absolute atomic E-state index is 12.4. The Hall–Kier alpha value is -3.63. The van der Waals surface area contributed by atoms with E-state index in [2.05, 4.69) is 15.2 Å². The SMILES string of the molecule is Cc1ccc(C(=O)NCCN2CCC(n3c(=O)[nH]c4cc(Cl)ccc43)CC2)cc1.O=C(O)C(=O)O. The molecule has 1 aromatic heterocycles. The molecule has 1 fully saturated rings. The number of aromatic nitrogens is 2. The molecule has 0 saturated carbocycles. The van der Waals surface area contributed by atoms with E-state index in [9.17, 15) is 9.59 Å². The number of hydrogen-bond donors (Lipinski definition) is 4. The van der Waals surface area contributed by atoms with Crippen molar-refractivity contribution in [3.8, 4) is 0 Å². The molecule has 1 saturated heterocycles. The molecule has 4 rings (SSSR count). The van der Waals surface area contributed by atoms with Gasteiger partial charge in [-0.05, 0) is 50.1 Å². The smallest absolute Gasteiger partial charge is 0.414 e. The van der Waals surface area contributed by atoms with Crippen LogP contribution in [0.15, 0.2) is 47.3 Å². The van der Waals surface area contributed by atoms with E-state index in [-0.39, 0.29) is 17.6 Å². The van der Waals surface area contributed by atoms with Gasteiger partial charge >= 0.3 is 17.6 Å². The van der Waals surface area contributed by atoms with E-state index in [0.717, 1.165) is 49.1 Å². The Morgan fingerprint density at radius 1 is 1.06 bits per heavy atom. The summed E-state index contributed by atoms with van der Waals surface area (Å²) < 4.78 is 1.86. The molecule has 0 aliphatic carbocycles. The van der Waals surface area contributed by atoms with Crippen LogP contribution < -0.4 is 11.0 Å². The predicted molar refractivity (Wildman–Crippen MR) is 131 cm³/mol. The Morgan fingerprint density at radius 3 is 2.29 bits per heavy atom. The Morgan fingerprint density at radius 2 is 1.69 bits per heavy atom. The number of rotatable bonds is 5. The minimum atomic E-state index is -1.82. The summed E-state index contributed by atoms with van der Waals surface area (Å²) in [5, 5.41) is 18.4. The zero-order valence-corrected chi connectivity index (χ0v) is 19.9. The van der Waals surface area contributed by atoms with Crippen LogP contribution in [-0.4, -0.2) is 68.7 Å². The van der Waals surface area contributed by atoms with E-state index >= 15 is 0 Å². The number of carboxylic acids is 2. The molecule has 0 unspecified atom stereocenters. The van der Waals surface area contributed by atoms with Gasteiger partial charge in [-0.15, -0.1) is 0 Å². The zero-order valence-electron chi connectivity index (χ0n) is 19.2. The zero-order chi connectivity index (χ0) is 25.5. The molecule has 0 spiro atoms. The number of imidazole rings is 1. The van der Waals surface area contributed by atoms with Crippen LogP contribution in [0, 0.1) is 6.92 Å². The number of H-pyrrole nitrogens is 1. The van der Waals surface area contributed by atoms with Gasteiger partial charge in [-0.2, -0.15) is 0 Å². The Labute approximate surface area is 206 Å². The summed E-state index contributed by atoms with van der Waals surface area (Å²) in [4.78, 5) is 48.1. The van der Waals surface area contributed by atoms with Crippen molar-refractivity contribution in [2.24, 2.45) is 0 Å². The van der Waals surface area contributed by atoms with Crippen molar-refractivity contribution in [2.45, 2.75) is 25.8 Å². The van der Waals surface area contributed by atoms with Gasteiger partial charge in [0.15, 0.2) is 0 Å². The third-order valence-corrected chi connectivity index (χ3v) is 6.05. The van der Waals surface area contributed by atoms with Crippen LogP contribution in [0.1, 0.15) is 34.8 Å².